The number of nitrogens with one attached hydrogen (secondary N) is 2. The van der Waals surface area contributed by atoms with Crippen LogP contribution >= 0.6 is 0 Å². The van der Waals surface area contributed by atoms with Gasteiger partial charge in [-0.1, -0.05) is 12.1 Å². The Morgan fingerprint density at radius 2 is 2.04 bits per heavy atom. The van der Waals surface area contributed by atoms with Gasteiger partial charge in [-0.3, -0.25) is 0 Å². The molecule has 2 aromatic heterocycles. The molecule has 0 spiro atoms. The number of fused-ring (bicyclic) bond motifs is 1. The molecule has 1 saturated carbocycles. The first kappa shape index (κ1) is 13.9. The Kier molecular flexibility index (Phi) is 3.49. The minimum atomic E-state index is 0.491. The summed E-state index contributed by atoms with van der Waals surface area (Å²) in [6.45, 7) is 2.06. The van der Waals surface area contributed by atoms with Crippen LogP contribution in [-0.2, 0) is 0 Å². The average molecular weight is 306 g/mol. The molecule has 3 aromatic rings. The Hall–Kier alpha value is -2.76. The molecule has 0 saturated heterocycles. The number of nitrogens with zero attached hydrogens (tertiary/aromatic N) is 4. The number of aryl methyl sites for hydroxylation is 1. The zero-order valence-corrected chi connectivity index (χ0v) is 13.0. The van der Waals surface area contributed by atoms with Crippen molar-refractivity contribution in [2.24, 2.45) is 0 Å². The second-order valence-corrected chi connectivity index (χ2v) is 5.92. The summed E-state index contributed by atoms with van der Waals surface area (Å²) in [5.41, 5.74) is 3.63. The first-order valence-electron chi connectivity index (χ1n) is 7.86. The molecule has 2 heterocycles. The first-order chi connectivity index (χ1) is 11.3. The SMILES string of the molecule is Cc1cccc(Nc2ncnc3cnc(NC4CCC4)nc23)c1. The maximum atomic E-state index is 4.61. The van der Waals surface area contributed by atoms with Crippen LogP contribution in [0.1, 0.15) is 24.8 Å². The molecule has 0 aliphatic heterocycles. The smallest absolute Gasteiger partial charge is 0.223 e. The van der Waals surface area contributed by atoms with E-state index in [0.717, 1.165) is 16.7 Å². The normalized spacial score (nSPS) is 14.5. The standard InChI is InChI=1S/C17H18N6/c1-11-4-2-7-13(8-11)21-16-15-14(19-10-20-16)9-18-17(23-15)22-12-5-3-6-12/h2,4,7-10,12H,3,5-6H2,1H3,(H,18,22,23)(H,19,20,21). The number of hydrogen-bond acceptors (Lipinski definition) is 6. The third kappa shape index (κ3) is 2.92. The molecule has 1 aliphatic carbocycles. The molecule has 1 aliphatic rings. The summed E-state index contributed by atoms with van der Waals surface area (Å²) < 4.78 is 0. The van der Waals surface area contributed by atoms with Crippen LogP contribution in [0, 0.1) is 6.92 Å². The molecule has 116 valence electrons. The van der Waals surface area contributed by atoms with Crippen molar-refractivity contribution >= 4 is 28.5 Å². The van der Waals surface area contributed by atoms with Gasteiger partial charge in [0.25, 0.3) is 0 Å². The summed E-state index contributed by atoms with van der Waals surface area (Å²) in [5, 5.41) is 6.69. The predicted molar refractivity (Wildman–Crippen MR) is 90.9 cm³/mol. The van der Waals surface area contributed by atoms with Crippen molar-refractivity contribution in [3.63, 3.8) is 0 Å². The van der Waals surface area contributed by atoms with Crippen LogP contribution in [-0.4, -0.2) is 26.0 Å². The molecular weight excluding hydrogens is 288 g/mol. The Bertz CT molecular complexity index is 843. The largest absolute Gasteiger partial charge is 0.351 e. The van der Waals surface area contributed by atoms with E-state index in [2.05, 4.69) is 49.6 Å². The van der Waals surface area contributed by atoms with Gasteiger partial charge in [0.15, 0.2) is 5.82 Å². The van der Waals surface area contributed by atoms with Gasteiger partial charge in [0, 0.05) is 11.7 Å². The van der Waals surface area contributed by atoms with Gasteiger partial charge in [-0.2, -0.15) is 0 Å². The number of hydrogen-bond donors (Lipinski definition) is 2. The second-order valence-electron chi connectivity index (χ2n) is 5.92. The van der Waals surface area contributed by atoms with Crippen molar-refractivity contribution < 1.29 is 0 Å². The highest BCUT2D eigenvalue weighted by atomic mass is 15.1. The van der Waals surface area contributed by atoms with Gasteiger partial charge in [0.05, 0.1) is 6.20 Å². The minimum absolute atomic E-state index is 0.491. The van der Waals surface area contributed by atoms with Crippen molar-refractivity contribution in [2.75, 3.05) is 10.6 Å². The van der Waals surface area contributed by atoms with E-state index in [1.807, 2.05) is 12.1 Å². The number of aromatic nitrogens is 4. The third-order valence-corrected chi connectivity index (χ3v) is 4.10. The van der Waals surface area contributed by atoms with E-state index in [0.29, 0.717) is 17.8 Å². The van der Waals surface area contributed by atoms with E-state index >= 15 is 0 Å². The van der Waals surface area contributed by atoms with Gasteiger partial charge < -0.3 is 10.6 Å². The lowest BCUT2D eigenvalue weighted by molar-refractivity contribution is 0.443. The molecule has 23 heavy (non-hydrogen) atoms. The van der Waals surface area contributed by atoms with Crippen LogP contribution in [0.25, 0.3) is 11.0 Å². The Balaban J connectivity index is 1.68. The molecule has 4 rings (SSSR count). The highest BCUT2D eigenvalue weighted by molar-refractivity contribution is 5.87. The first-order valence-corrected chi connectivity index (χ1v) is 7.86. The lowest BCUT2D eigenvalue weighted by Crippen LogP contribution is -2.28. The number of rotatable bonds is 4. The van der Waals surface area contributed by atoms with Crippen molar-refractivity contribution in [3.8, 4) is 0 Å². The summed E-state index contributed by atoms with van der Waals surface area (Å²) in [5.74, 6) is 1.34. The van der Waals surface area contributed by atoms with Gasteiger partial charge >= 0.3 is 0 Å². The summed E-state index contributed by atoms with van der Waals surface area (Å²) in [7, 11) is 0. The number of benzene rings is 1. The van der Waals surface area contributed by atoms with E-state index < -0.39 is 0 Å². The third-order valence-electron chi connectivity index (χ3n) is 4.10. The molecule has 0 unspecified atom stereocenters. The quantitative estimate of drug-likeness (QED) is 0.769. The monoisotopic (exact) mass is 306 g/mol. The highest BCUT2D eigenvalue weighted by Gasteiger charge is 2.18. The Morgan fingerprint density at radius 1 is 1.13 bits per heavy atom. The van der Waals surface area contributed by atoms with Gasteiger partial charge in [0.1, 0.15) is 17.4 Å². The molecule has 2 N–H and O–H groups in total. The highest BCUT2D eigenvalue weighted by Crippen LogP contribution is 2.25. The van der Waals surface area contributed by atoms with E-state index in [4.69, 9.17) is 0 Å². The lowest BCUT2D eigenvalue weighted by Gasteiger charge is -2.26. The van der Waals surface area contributed by atoms with E-state index in [1.54, 1.807) is 6.20 Å². The van der Waals surface area contributed by atoms with Crippen molar-refractivity contribution in [1.82, 2.24) is 19.9 Å². The predicted octanol–water partition coefficient (Wildman–Crippen LogP) is 3.44. The van der Waals surface area contributed by atoms with E-state index in [1.165, 1.54) is 31.2 Å². The van der Waals surface area contributed by atoms with Gasteiger partial charge in [-0.05, 0) is 43.9 Å². The molecule has 0 bridgehead atoms. The maximum absolute atomic E-state index is 4.61. The van der Waals surface area contributed by atoms with Gasteiger partial charge in [-0.15, -0.1) is 0 Å². The van der Waals surface area contributed by atoms with Gasteiger partial charge in [0.2, 0.25) is 5.95 Å². The molecule has 1 fully saturated rings. The Labute approximate surface area is 134 Å². The maximum Gasteiger partial charge on any atom is 0.223 e. The van der Waals surface area contributed by atoms with Crippen molar-refractivity contribution in [2.45, 2.75) is 32.2 Å². The fourth-order valence-corrected chi connectivity index (χ4v) is 2.61. The van der Waals surface area contributed by atoms with E-state index in [-0.39, 0.29) is 0 Å². The molecule has 6 heteroatoms. The van der Waals surface area contributed by atoms with Crippen molar-refractivity contribution in [3.05, 3.63) is 42.4 Å². The summed E-state index contributed by atoms with van der Waals surface area (Å²) in [6.07, 6.45) is 6.91. The molecule has 6 nitrogen and oxygen atoms in total. The minimum Gasteiger partial charge on any atom is -0.351 e. The molecule has 0 radical (unpaired) electrons. The topological polar surface area (TPSA) is 75.6 Å². The summed E-state index contributed by atoms with van der Waals surface area (Å²) >= 11 is 0. The zero-order valence-electron chi connectivity index (χ0n) is 13.0. The zero-order chi connectivity index (χ0) is 15.6. The number of anilines is 3. The Morgan fingerprint density at radius 3 is 2.83 bits per heavy atom. The van der Waals surface area contributed by atoms with Crippen LogP contribution in [0.2, 0.25) is 0 Å². The van der Waals surface area contributed by atoms with Crippen molar-refractivity contribution in [1.29, 1.82) is 0 Å². The fraction of sp³-hybridized carbons (Fsp3) is 0.294. The lowest BCUT2D eigenvalue weighted by atomic mass is 9.93. The van der Waals surface area contributed by atoms with E-state index in [9.17, 15) is 0 Å². The molecule has 0 atom stereocenters. The fourth-order valence-electron chi connectivity index (χ4n) is 2.61. The second kappa shape index (κ2) is 5.79. The summed E-state index contributed by atoms with van der Waals surface area (Å²) in [4.78, 5) is 17.6. The summed E-state index contributed by atoms with van der Waals surface area (Å²) in [6, 6.07) is 8.65. The van der Waals surface area contributed by atoms with Crippen LogP contribution in [0.5, 0.6) is 0 Å². The molecule has 1 aromatic carbocycles. The average Bonchev–Trinajstić information content (AvgIpc) is 2.51. The molecular formula is C17H18N6. The van der Waals surface area contributed by atoms with Crippen LogP contribution in [0.3, 0.4) is 0 Å². The van der Waals surface area contributed by atoms with Crippen LogP contribution < -0.4 is 10.6 Å². The molecule has 0 amide bonds. The van der Waals surface area contributed by atoms with Crippen LogP contribution in [0.15, 0.2) is 36.8 Å². The van der Waals surface area contributed by atoms with Gasteiger partial charge in [-0.25, -0.2) is 19.9 Å². The van der Waals surface area contributed by atoms with Crippen LogP contribution in [0.4, 0.5) is 17.5 Å².